The summed E-state index contributed by atoms with van der Waals surface area (Å²) in [4.78, 5) is 44.4. The Kier molecular flexibility index (Phi) is 5.60. The van der Waals surface area contributed by atoms with Gasteiger partial charge in [0.15, 0.2) is 5.78 Å². The van der Waals surface area contributed by atoms with Gasteiger partial charge in [0.25, 0.3) is 11.5 Å². The Morgan fingerprint density at radius 2 is 1.65 bits per heavy atom. The number of Topliss-reactive ketones (excluding diaryl/α,β-unsaturated/α-hetero) is 1. The second-order valence-corrected chi connectivity index (χ2v) is 9.57. The molecule has 6 nitrogen and oxygen atoms in total. The number of pyridine rings is 1. The van der Waals surface area contributed by atoms with Gasteiger partial charge in [-0.15, -0.1) is 0 Å². The Bertz CT molecular complexity index is 1070. The van der Waals surface area contributed by atoms with Crippen LogP contribution < -0.4 is 5.56 Å². The summed E-state index contributed by atoms with van der Waals surface area (Å²) < 4.78 is 1.48. The van der Waals surface area contributed by atoms with Crippen molar-refractivity contribution < 1.29 is 9.59 Å². The van der Waals surface area contributed by atoms with Crippen LogP contribution in [0.4, 0.5) is 0 Å². The molecule has 1 aliphatic heterocycles. The van der Waals surface area contributed by atoms with Crippen molar-refractivity contribution in [3.8, 4) is 5.69 Å². The highest BCUT2D eigenvalue weighted by Gasteiger charge is 2.37. The Morgan fingerprint density at radius 1 is 1.00 bits per heavy atom. The van der Waals surface area contributed by atoms with E-state index in [1.807, 2.05) is 45.0 Å². The molecule has 0 unspecified atom stereocenters. The largest absolute Gasteiger partial charge is 0.336 e. The maximum absolute atomic E-state index is 13.6. The van der Waals surface area contributed by atoms with Gasteiger partial charge in [-0.1, -0.05) is 38.5 Å². The number of likely N-dealkylation sites (N-methyl/N-ethyl adjacent to an activating group) is 1. The predicted octanol–water partition coefficient (Wildman–Crippen LogP) is 3.08. The minimum Gasteiger partial charge on any atom is -0.336 e. The van der Waals surface area contributed by atoms with Crippen molar-refractivity contribution in [2.24, 2.45) is 5.41 Å². The standard InChI is InChI=1S/C25H31N3O3/c1-5-26-10-12-27(13-11-26)23(30)22-19-14-25(3,4)15-21(29)20(19)16-28(24(22)31)18-8-6-17(2)7-9-18/h6-9,16H,5,10-15H2,1-4H3. The average molecular weight is 422 g/mol. The third kappa shape index (κ3) is 4.09. The van der Waals surface area contributed by atoms with Gasteiger partial charge in [-0.25, -0.2) is 0 Å². The number of fused-ring (bicyclic) bond motifs is 1. The normalized spacial score (nSPS) is 18.7. The van der Waals surface area contributed by atoms with Gasteiger partial charge in [0.1, 0.15) is 5.56 Å². The summed E-state index contributed by atoms with van der Waals surface area (Å²) in [6.45, 7) is 11.9. The van der Waals surface area contributed by atoms with E-state index in [-0.39, 0.29) is 28.2 Å². The Labute approximate surface area is 183 Å². The molecule has 0 N–H and O–H groups in total. The molecule has 0 spiro atoms. The molecule has 1 saturated heterocycles. The molecule has 2 aromatic rings. The van der Waals surface area contributed by atoms with E-state index in [0.29, 0.717) is 42.7 Å². The molecule has 1 fully saturated rings. The van der Waals surface area contributed by atoms with Crippen molar-refractivity contribution in [3.05, 3.63) is 63.1 Å². The zero-order valence-electron chi connectivity index (χ0n) is 18.9. The molecule has 1 aromatic heterocycles. The first-order valence-corrected chi connectivity index (χ1v) is 11.1. The highest BCUT2D eigenvalue weighted by molar-refractivity contribution is 6.04. The quantitative estimate of drug-likeness (QED) is 0.764. The van der Waals surface area contributed by atoms with Gasteiger partial charge in [-0.2, -0.15) is 0 Å². The fourth-order valence-electron chi connectivity index (χ4n) is 4.69. The number of aryl methyl sites for hydroxylation is 1. The fraction of sp³-hybridized carbons (Fsp3) is 0.480. The highest BCUT2D eigenvalue weighted by Crippen LogP contribution is 2.36. The van der Waals surface area contributed by atoms with Crippen molar-refractivity contribution in [3.63, 3.8) is 0 Å². The van der Waals surface area contributed by atoms with Crippen molar-refractivity contribution in [1.82, 2.24) is 14.4 Å². The number of hydrogen-bond acceptors (Lipinski definition) is 4. The van der Waals surface area contributed by atoms with Gasteiger partial charge < -0.3 is 9.80 Å². The Balaban J connectivity index is 1.86. The van der Waals surface area contributed by atoms with Gasteiger partial charge in [0.05, 0.1) is 0 Å². The smallest absolute Gasteiger partial charge is 0.268 e. The second kappa shape index (κ2) is 8.08. The highest BCUT2D eigenvalue weighted by atomic mass is 16.2. The maximum atomic E-state index is 13.6. The molecular formula is C25H31N3O3. The molecule has 0 saturated carbocycles. The van der Waals surface area contributed by atoms with Crippen LogP contribution in [0.25, 0.3) is 5.69 Å². The number of ketones is 1. The van der Waals surface area contributed by atoms with Crippen LogP contribution in [0.2, 0.25) is 0 Å². The maximum Gasteiger partial charge on any atom is 0.268 e. The van der Waals surface area contributed by atoms with Crippen LogP contribution in [0, 0.1) is 12.3 Å². The van der Waals surface area contributed by atoms with Crippen LogP contribution in [0.3, 0.4) is 0 Å². The third-order valence-electron chi connectivity index (χ3n) is 6.55. The summed E-state index contributed by atoms with van der Waals surface area (Å²) in [5, 5.41) is 0. The van der Waals surface area contributed by atoms with Gasteiger partial charge in [0, 0.05) is 50.0 Å². The number of rotatable bonds is 3. The van der Waals surface area contributed by atoms with Crippen LogP contribution in [0.15, 0.2) is 35.3 Å². The lowest BCUT2D eigenvalue weighted by Crippen LogP contribution is -2.50. The van der Waals surface area contributed by atoms with E-state index in [4.69, 9.17) is 0 Å². The summed E-state index contributed by atoms with van der Waals surface area (Å²) in [7, 11) is 0. The molecule has 2 heterocycles. The summed E-state index contributed by atoms with van der Waals surface area (Å²) in [6.07, 6.45) is 2.61. The average Bonchev–Trinajstić information content (AvgIpc) is 2.73. The van der Waals surface area contributed by atoms with E-state index in [1.165, 1.54) is 4.57 Å². The van der Waals surface area contributed by atoms with Crippen LogP contribution in [-0.2, 0) is 6.42 Å². The first-order chi connectivity index (χ1) is 14.7. The number of carbonyl (C=O) groups excluding carboxylic acids is 2. The number of hydrogen-bond donors (Lipinski definition) is 0. The molecule has 1 aromatic carbocycles. The number of carbonyl (C=O) groups is 2. The minimum atomic E-state index is -0.337. The van der Waals surface area contributed by atoms with E-state index in [1.54, 1.807) is 11.1 Å². The first-order valence-electron chi connectivity index (χ1n) is 11.1. The summed E-state index contributed by atoms with van der Waals surface area (Å²) in [6, 6.07) is 7.57. The lowest BCUT2D eigenvalue weighted by Gasteiger charge is -2.36. The van der Waals surface area contributed by atoms with E-state index in [0.717, 1.165) is 25.2 Å². The number of piperazine rings is 1. The van der Waals surface area contributed by atoms with Crippen molar-refractivity contribution >= 4 is 11.7 Å². The summed E-state index contributed by atoms with van der Waals surface area (Å²) in [5.74, 6) is -0.249. The Hall–Kier alpha value is -2.73. The number of aromatic nitrogens is 1. The zero-order valence-corrected chi connectivity index (χ0v) is 18.9. The van der Waals surface area contributed by atoms with Gasteiger partial charge in [-0.3, -0.25) is 19.0 Å². The molecule has 4 rings (SSSR count). The molecule has 164 valence electrons. The molecule has 0 atom stereocenters. The molecule has 6 heteroatoms. The van der Waals surface area contributed by atoms with Crippen LogP contribution >= 0.6 is 0 Å². The summed E-state index contributed by atoms with van der Waals surface area (Å²) >= 11 is 0. The molecule has 1 aliphatic carbocycles. The minimum absolute atomic E-state index is 0.00281. The van der Waals surface area contributed by atoms with E-state index < -0.39 is 0 Å². The van der Waals surface area contributed by atoms with Crippen LogP contribution in [0.5, 0.6) is 0 Å². The lowest BCUT2D eigenvalue weighted by molar-refractivity contribution is 0.0639. The lowest BCUT2D eigenvalue weighted by atomic mass is 9.73. The molecular weight excluding hydrogens is 390 g/mol. The van der Waals surface area contributed by atoms with Gasteiger partial charge >= 0.3 is 0 Å². The number of amides is 1. The molecule has 31 heavy (non-hydrogen) atoms. The number of nitrogens with zero attached hydrogens (tertiary/aromatic N) is 3. The van der Waals surface area contributed by atoms with Crippen molar-refractivity contribution in [1.29, 1.82) is 0 Å². The predicted molar refractivity (Wildman–Crippen MR) is 121 cm³/mol. The summed E-state index contributed by atoms with van der Waals surface area (Å²) in [5.41, 5.74) is 2.44. The van der Waals surface area contributed by atoms with Crippen molar-refractivity contribution in [2.75, 3.05) is 32.7 Å². The SMILES string of the molecule is CCN1CCN(C(=O)c2c3c(cn(-c4ccc(C)cc4)c2=O)C(=O)CC(C)(C)C3)CC1. The fourth-order valence-corrected chi connectivity index (χ4v) is 4.69. The topological polar surface area (TPSA) is 62.6 Å². The molecule has 0 radical (unpaired) electrons. The van der Waals surface area contributed by atoms with E-state index in [9.17, 15) is 14.4 Å². The van der Waals surface area contributed by atoms with E-state index >= 15 is 0 Å². The third-order valence-corrected chi connectivity index (χ3v) is 6.55. The van der Waals surface area contributed by atoms with Gasteiger partial charge in [-0.05, 0) is 43.0 Å². The molecule has 2 aliphatic rings. The van der Waals surface area contributed by atoms with Gasteiger partial charge in [0.2, 0.25) is 0 Å². The zero-order chi connectivity index (χ0) is 22.3. The van der Waals surface area contributed by atoms with E-state index in [2.05, 4.69) is 11.8 Å². The monoisotopic (exact) mass is 421 g/mol. The van der Waals surface area contributed by atoms with Crippen molar-refractivity contribution in [2.45, 2.75) is 40.5 Å². The van der Waals surface area contributed by atoms with Crippen LogP contribution in [-0.4, -0.2) is 58.8 Å². The number of benzene rings is 1. The molecule has 1 amide bonds. The molecule has 0 bridgehead atoms. The van der Waals surface area contributed by atoms with Crippen LogP contribution in [0.1, 0.15) is 59.0 Å². The Morgan fingerprint density at radius 3 is 2.26 bits per heavy atom. The first kappa shape index (κ1) is 21.5. The second-order valence-electron chi connectivity index (χ2n) is 9.57.